The number of hydrogen-bond donors (Lipinski definition) is 1. The lowest BCUT2D eigenvalue weighted by Gasteiger charge is -2.05. The van der Waals surface area contributed by atoms with E-state index in [1.165, 1.54) is 5.69 Å². The Morgan fingerprint density at radius 1 is 1.35 bits per heavy atom. The number of nitrogens with zero attached hydrogens (tertiary/aromatic N) is 5. The van der Waals surface area contributed by atoms with Crippen LogP contribution in [0, 0.1) is 0 Å². The van der Waals surface area contributed by atoms with Crippen LogP contribution in [-0.2, 0) is 26.6 Å². The topological polar surface area (TPSA) is 60.6 Å². The van der Waals surface area contributed by atoms with Crippen molar-refractivity contribution in [1.82, 2.24) is 29.9 Å². The van der Waals surface area contributed by atoms with Crippen LogP contribution in [0.1, 0.15) is 18.4 Å². The zero-order valence-corrected chi connectivity index (χ0v) is 10.3. The third kappa shape index (κ3) is 2.91. The Morgan fingerprint density at radius 2 is 2.24 bits per heavy atom. The minimum atomic E-state index is 0.756. The van der Waals surface area contributed by atoms with Crippen molar-refractivity contribution in [3.8, 4) is 0 Å². The molecule has 0 aliphatic carbocycles. The Hall–Kier alpha value is -1.69. The Kier molecular flexibility index (Phi) is 3.87. The highest BCUT2D eigenvalue weighted by Gasteiger charge is 2.02. The molecule has 17 heavy (non-hydrogen) atoms. The number of hydrogen-bond acceptors (Lipinski definition) is 4. The molecule has 2 rings (SSSR count). The summed E-state index contributed by atoms with van der Waals surface area (Å²) in [5.41, 5.74) is 1.23. The molecule has 0 fully saturated rings. The van der Waals surface area contributed by atoms with Gasteiger partial charge in [-0.25, -0.2) is 9.67 Å². The zero-order valence-electron chi connectivity index (χ0n) is 10.3. The van der Waals surface area contributed by atoms with Crippen LogP contribution >= 0.6 is 0 Å². The SMILES string of the molecule is CCn1ncnc1CNCCc1ccnn1C. The van der Waals surface area contributed by atoms with Gasteiger partial charge in [0.1, 0.15) is 12.2 Å². The third-order valence-electron chi connectivity index (χ3n) is 2.76. The lowest BCUT2D eigenvalue weighted by Crippen LogP contribution is -2.20. The molecule has 2 aromatic heterocycles. The summed E-state index contributed by atoms with van der Waals surface area (Å²) in [6.45, 7) is 4.59. The van der Waals surface area contributed by atoms with Crippen LogP contribution < -0.4 is 5.32 Å². The molecule has 0 aromatic carbocycles. The van der Waals surface area contributed by atoms with Crippen molar-refractivity contribution < 1.29 is 0 Å². The number of aryl methyl sites for hydroxylation is 2. The van der Waals surface area contributed by atoms with Gasteiger partial charge in [-0.05, 0) is 13.0 Å². The van der Waals surface area contributed by atoms with Crippen molar-refractivity contribution in [2.24, 2.45) is 7.05 Å². The third-order valence-corrected chi connectivity index (χ3v) is 2.76. The molecule has 0 aliphatic heterocycles. The Balaban J connectivity index is 1.75. The van der Waals surface area contributed by atoms with Gasteiger partial charge in [0.25, 0.3) is 0 Å². The molecule has 6 nitrogen and oxygen atoms in total. The lowest BCUT2D eigenvalue weighted by molar-refractivity contribution is 0.567. The van der Waals surface area contributed by atoms with Gasteiger partial charge in [-0.3, -0.25) is 4.68 Å². The molecule has 0 amide bonds. The normalized spacial score (nSPS) is 10.9. The van der Waals surface area contributed by atoms with E-state index in [0.29, 0.717) is 0 Å². The summed E-state index contributed by atoms with van der Waals surface area (Å²) in [5, 5.41) is 11.6. The summed E-state index contributed by atoms with van der Waals surface area (Å²) < 4.78 is 3.80. The average Bonchev–Trinajstić information content (AvgIpc) is 2.93. The zero-order chi connectivity index (χ0) is 12.1. The van der Waals surface area contributed by atoms with E-state index in [1.807, 2.05) is 28.7 Å². The van der Waals surface area contributed by atoms with Crippen LogP contribution in [0.2, 0.25) is 0 Å². The fourth-order valence-corrected chi connectivity index (χ4v) is 1.75. The summed E-state index contributed by atoms with van der Waals surface area (Å²) in [6, 6.07) is 2.04. The standard InChI is InChI=1S/C11H18N6/c1-3-17-11(13-9-15-17)8-12-6-4-10-5-7-14-16(10)2/h5,7,9,12H,3-4,6,8H2,1-2H3. The predicted molar refractivity (Wildman–Crippen MR) is 64.3 cm³/mol. The van der Waals surface area contributed by atoms with Crippen molar-refractivity contribution in [2.75, 3.05) is 6.54 Å². The highest BCUT2D eigenvalue weighted by Crippen LogP contribution is 1.97. The smallest absolute Gasteiger partial charge is 0.140 e. The highest BCUT2D eigenvalue weighted by molar-refractivity contribution is 5.00. The van der Waals surface area contributed by atoms with Crippen LogP contribution in [0.25, 0.3) is 0 Å². The first-order valence-electron chi connectivity index (χ1n) is 5.85. The molecule has 2 heterocycles. The molecule has 0 spiro atoms. The molecule has 0 aliphatic rings. The van der Waals surface area contributed by atoms with E-state index in [2.05, 4.69) is 27.4 Å². The van der Waals surface area contributed by atoms with Gasteiger partial charge in [0.15, 0.2) is 0 Å². The van der Waals surface area contributed by atoms with Crippen LogP contribution in [0.5, 0.6) is 0 Å². The maximum atomic E-state index is 4.21. The van der Waals surface area contributed by atoms with Crippen LogP contribution in [-0.4, -0.2) is 31.1 Å². The van der Waals surface area contributed by atoms with Crippen molar-refractivity contribution >= 4 is 0 Å². The fourth-order valence-electron chi connectivity index (χ4n) is 1.75. The molecule has 0 unspecified atom stereocenters. The second-order valence-electron chi connectivity index (χ2n) is 3.86. The van der Waals surface area contributed by atoms with E-state index in [9.17, 15) is 0 Å². The maximum Gasteiger partial charge on any atom is 0.140 e. The van der Waals surface area contributed by atoms with Crippen molar-refractivity contribution in [2.45, 2.75) is 26.4 Å². The van der Waals surface area contributed by atoms with E-state index in [0.717, 1.165) is 31.9 Å². The molecule has 1 N–H and O–H groups in total. The van der Waals surface area contributed by atoms with Gasteiger partial charge in [-0.1, -0.05) is 0 Å². The summed E-state index contributed by atoms with van der Waals surface area (Å²) in [6.07, 6.45) is 4.39. The number of aromatic nitrogens is 5. The van der Waals surface area contributed by atoms with E-state index in [4.69, 9.17) is 0 Å². The summed E-state index contributed by atoms with van der Waals surface area (Å²) in [7, 11) is 1.96. The predicted octanol–water partition coefficient (Wildman–Crippen LogP) is 0.364. The second kappa shape index (κ2) is 5.58. The first-order valence-corrected chi connectivity index (χ1v) is 5.85. The van der Waals surface area contributed by atoms with Crippen LogP contribution in [0.3, 0.4) is 0 Å². The van der Waals surface area contributed by atoms with Crippen LogP contribution in [0.4, 0.5) is 0 Å². The molecule has 0 saturated carbocycles. The quantitative estimate of drug-likeness (QED) is 0.733. The van der Waals surface area contributed by atoms with Gasteiger partial charge < -0.3 is 5.32 Å². The molecule has 92 valence electrons. The van der Waals surface area contributed by atoms with E-state index < -0.39 is 0 Å². The summed E-state index contributed by atoms with van der Waals surface area (Å²) in [5.74, 6) is 0.984. The van der Waals surface area contributed by atoms with E-state index in [1.54, 1.807) is 6.33 Å². The minimum absolute atomic E-state index is 0.756. The molecule has 0 bridgehead atoms. The van der Waals surface area contributed by atoms with E-state index in [-0.39, 0.29) is 0 Å². The van der Waals surface area contributed by atoms with Crippen molar-refractivity contribution in [3.05, 3.63) is 30.1 Å². The van der Waals surface area contributed by atoms with Gasteiger partial charge in [-0.2, -0.15) is 10.2 Å². The van der Waals surface area contributed by atoms with Crippen LogP contribution in [0.15, 0.2) is 18.6 Å². The van der Waals surface area contributed by atoms with Gasteiger partial charge >= 0.3 is 0 Å². The molecular weight excluding hydrogens is 216 g/mol. The maximum absolute atomic E-state index is 4.21. The summed E-state index contributed by atoms with van der Waals surface area (Å²) in [4.78, 5) is 4.21. The van der Waals surface area contributed by atoms with Gasteiger partial charge in [0.2, 0.25) is 0 Å². The molecule has 2 aromatic rings. The van der Waals surface area contributed by atoms with E-state index >= 15 is 0 Å². The largest absolute Gasteiger partial charge is 0.309 e. The highest BCUT2D eigenvalue weighted by atomic mass is 15.3. The first-order chi connectivity index (χ1) is 8.31. The van der Waals surface area contributed by atoms with Crippen molar-refractivity contribution in [3.63, 3.8) is 0 Å². The summed E-state index contributed by atoms with van der Waals surface area (Å²) >= 11 is 0. The van der Waals surface area contributed by atoms with Gasteiger partial charge in [0.05, 0.1) is 6.54 Å². The molecular formula is C11H18N6. The Labute approximate surface area is 101 Å². The average molecular weight is 234 g/mol. The Morgan fingerprint density at radius 3 is 2.94 bits per heavy atom. The number of rotatable bonds is 6. The molecule has 0 radical (unpaired) electrons. The minimum Gasteiger partial charge on any atom is -0.309 e. The monoisotopic (exact) mass is 234 g/mol. The Bertz CT molecular complexity index is 458. The first kappa shape index (κ1) is 11.8. The van der Waals surface area contributed by atoms with Gasteiger partial charge in [-0.15, -0.1) is 0 Å². The number of nitrogens with one attached hydrogen (secondary N) is 1. The second-order valence-corrected chi connectivity index (χ2v) is 3.86. The lowest BCUT2D eigenvalue weighted by atomic mass is 10.3. The fraction of sp³-hybridized carbons (Fsp3) is 0.545. The van der Waals surface area contributed by atoms with Gasteiger partial charge in [0, 0.05) is 38.4 Å². The van der Waals surface area contributed by atoms with Crippen molar-refractivity contribution in [1.29, 1.82) is 0 Å². The molecule has 6 heteroatoms. The molecule has 0 atom stereocenters. The molecule has 0 saturated heterocycles.